The highest BCUT2D eigenvalue weighted by atomic mass is 16.5. The Balaban J connectivity index is 0.000000239. The van der Waals surface area contributed by atoms with Crippen molar-refractivity contribution in [3.8, 4) is 17.1 Å². The molecule has 2 aliphatic carbocycles. The molecule has 0 amide bonds. The minimum Gasteiger partial charge on any atom is -0.496 e. The molecular weight excluding hydrogens is 412 g/mol. The van der Waals surface area contributed by atoms with E-state index in [9.17, 15) is 0 Å². The molecule has 2 saturated carbocycles. The van der Waals surface area contributed by atoms with Gasteiger partial charge in [0.2, 0.25) is 0 Å². The Labute approximate surface area is 199 Å². The standard InChI is InChI=1S/C14H16N4O2.C7H14.C6H12/c1-9(15)17-10(2)18-11-4-5-12(13(6-11)19-3)14-7-16-8-20-14;1-7-5-3-2-4-6-7;1-5-3-4-6(5)2/h4-8,18H,2H2,1,3H3,(H2,15,17);7H,2-6H2,1H3;5-6H,3-4H2,1-2H3. The fourth-order valence-corrected chi connectivity index (χ4v) is 3.87. The van der Waals surface area contributed by atoms with Gasteiger partial charge < -0.3 is 20.2 Å². The van der Waals surface area contributed by atoms with Crippen LogP contribution >= 0.6 is 0 Å². The lowest BCUT2D eigenvalue weighted by atomic mass is 9.77. The van der Waals surface area contributed by atoms with Gasteiger partial charge in [-0.15, -0.1) is 0 Å². The number of rotatable bonds is 5. The summed E-state index contributed by atoms with van der Waals surface area (Å²) in [5.74, 6) is 5.30. The molecule has 2 aliphatic rings. The number of benzene rings is 1. The molecule has 0 saturated heterocycles. The molecule has 2 aromatic rings. The third-order valence-corrected chi connectivity index (χ3v) is 6.44. The van der Waals surface area contributed by atoms with E-state index in [1.165, 1.54) is 51.3 Å². The lowest BCUT2D eigenvalue weighted by molar-refractivity contribution is 0.219. The zero-order valence-corrected chi connectivity index (χ0v) is 21.1. The monoisotopic (exact) mass is 454 g/mol. The first-order valence-corrected chi connectivity index (χ1v) is 12.1. The quantitative estimate of drug-likeness (QED) is 0.367. The Hall–Kier alpha value is -2.76. The van der Waals surface area contributed by atoms with Crippen LogP contribution in [0.2, 0.25) is 0 Å². The first-order chi connectivity index (χ1) is 15.8. The molecule has 2 fully saturated rings. The average molecular weight is 455 g/mol. The minimum atomic E-state index is 0.438. The van der Waals surface area contributed by atoms with Crippen molar-refractivity contribution in [2.45, 2.75) is 72.6 Å². The third kappa shape index (κ3) is 9.32. The van der Waals surface area contributed by atoms with Gasteiger partial charge in [-0.25, -0.2) is 9.98 Å². The SMILES string of the molecule is C=C(/N=C(\C)N)Nc1ccc(-c2cnco2)c(OC)c1.CC1CCC1C.CC1CCCCC1. The van der Waals surface area contributed by atoms with Gasteiger partial charge in [0.1, 0.15) is 11.6 Å². The Morgan fingerprint density at radius 1 is 1.12 bits per heavy atom. The third-order valence-electron chi connectivity index (χ3n) is 6.44. The Morgan fingerprint density at radius 2 is 1.79 bits per heavy atom. The van der Waals surface area contributed by atoms with Crippen LogP contribution in [0.4, 0.5) is 5.69 Å². The van der Waals surface area contributed by atoms with E-state index in [2.05, 4.69) is 42.6 Å². The van der Waals surface area contributed by atoms with Crippen molar-refractivity contribution < 1.29 is 9.15 Å². The smallest absolute Gasteiger partial charge is 0.181 e. The number of aromatic nitrogens is 1. The fraction of sp³-hybridized carbons (Fsp3) is 0.556. The van der Waals surface area contributed by atoms with E-state index in [0.29, 0.717) is 23.2 Å². The van der Waals surface area contributed by atoms with Gasteiger partial charge in [0.25, 0.3) is 0 Å². The normalized spacial score (nSPS) is 20.3. The molecule has 3 N–H and O–H groups in total. The first kappa shape index (κ1) is 26.5. The summed E-state index contributed by atoms with van der Waals surface area (Å²) in [6, 6.07) is 5.56. The van der Waals surface area contributed by atoms with Gasteiger partial charge in [0.15, 0.2) is 12.2 Å². The zero-order valence-electron chi connectivity index (χ0n) is 21.1. The molecule has 1 heterocycles. The summed E-state index contributed by atoms with van der Waals surface area (Å²) in [5.41, 5.74) is 7.11. The molecular formula is C27H42N4O2. The van der Waals surface area contributed by atoms with Crippen LogP contribution < -0.4 is 15.8 Å². The number of aliphatic imine (C=N–C) groups is 1. The summed E-state index contributed by atoms with van der Waals surface area (Å²) in [7, 11) is 1.59. The molecule has 182 valence electrons. The Kier molecular flexibility index (Phi) is 11.0. The van der Waals surface area contributed by atoms with Crippen LogP contribution in [0.25, 0.3) is 11.3 Å². The van der Waals surface area contributed by atoms with Crippen LogP contribution in [-0.4, -0.2) is 17.9 Å². The number of hydrogen-bond donors (Lipinski definition) is 2. The zero-order chi connectivity index (χ0) is 24.2. The molecule has 2 unspecified atom stereocenters. The van der Waals surface area contributed by atoms with Gasteiger partial charge in [0.05, 0.1) is 24.7 Å². The van der Waals surface area contributed by atoms with E-state index in [4.69, 9.17) is 14.9 Å². The summed E-state index contributed by atoms with van der Waals surface area (Å²) in [6.45, 7) is 12.5. The summed E-state index contributed by atoms with van der Waals surface area (Å²) < 4.78 is 10.6. The van der Waals surface area contributed by atoms with Crippen LogP contribution in [-0.2, 0) is 0 Å². The van der Waals surface area contributed by atoms with Crippen molar-refractivity contribution in [3.63, 3.8) is 0 Å². The highest BCUT2D eigenvalue weighted by Gasteiger charge is 2.20. The maximum atomic E-state index is 5.50. The van der Waals surface area contributed by atoms with Crippen LogP contribution in [0, 0.1) is 17.8 Å². The number of ether oxygens (including phenoxy) is 1. The molecule has 1 aromatic carbocycles. The molecule has 0 aliphatic heterocycles. The van der Waals surface area contributed by atoms with E-state index >= 15 is 0 Å². The molecule has 0 bridgehead atoms. The van der Waals surface area contributed by atoms with E-state index in [1.54, 1.807) is 20.2 Å². The number of hydrogen-bond acceptors (Lipinski definition) is 5. The van der Waals surface area contributed by atoms with Gasteiger partial charge >= 0.3 is 0 Å². The number of oxazole rings is 1. The van der Waals surface area contributed by atoms with Gasteiger partial charge in [-0.1, -0.05) is 72.3 Å². The predicted molar refractivity (Wildman–Crippen MR) is 138 cm³/mol. The van der Waals surface area contributed by atoms with Crippen molar-refractivity contribution in [1.29, 1.82) is 0 Å². The lowest BCUT2D eigenvalue weighted by Gasteiger charge is -2.29. The maximum absolute atomic E-state index is 5.50. The average Bonchev–Trinajstić information content (AvgIpc) is 3.33. The van der Waals surface area contributed by atoms with E-state index in [1.807, 2.05) is 18.2 Å². The van der Waals surface area contributed by atoms with E-state index in [0.717, 1.165) is 29.0 Å². The molecule has 0 spiro atoms. The van der Waals surface area contributed by atoms with Crippen LogP contribution in [0.3, 0.4) is 0 Å². The number of nitrogens with two attached hydrogens (primary N) is 1. The van der Waals surface area contributed by atoms with Crippen molar-refractivity contribution >= 4 is 11.5 Å². The Morgan fingerprint density at radius 3 is 2.21 bits per heavy atom. The van der Waals surface area contributed by atoms with Crippen molar-refractivity contribution in [2.75, 3.05) is 12.4 Å². The minimum absolute atomic E-state index is 0.438. The summed E-state index contributed by atoms with van der Waals surface area (Å²) in [4.78, 5) is 7.91. The molecule has 0 radical (unpaired) electrons. The number of nitrogens with one attached hydrogen (secondary N) is 1. The number of amidine groups is 1. The highest BCUT2D eigenvalue weighted by Crippen LogP contribution is 2.33. The number of methoxy groups -OCH3 is 1. The van der Waals surface area contributed by atoms with E-state index in [-0.39, 0.29) is 0 Å². The molecule has 6 nitrogen and oxygen atoms in total. The highest BCUT2D eigenvalue weighted by molar-refractivity contribution is 5.79. The molecule has 6 heteroatoms. The van der Waals surface area contributed by atoms with Gasteiger partial charge in [0, 0.05) is 11.8 Å². The maximum Gasteiger partial charge on any atom is 0.181 e. The molecule has 1 aromatic heterocycles. The number of anilines is 1. The Bertz CT molecular complexity index is 858. The molecule has 4 rings (SSSR count). The predicted octanol–water partition coefficient (Wildman–Crippen LogP) is 7.25. The van der Waals surface area contributed by atoms with Crippen molar-refractivity contribution in [1.82, 2.24) is 4.98 Å². The summed E-state index contributed by atoms with van der Waals surface area (Å²) in [6.07, 6.45) is 13.4. The largest absolute Gasteiger partial charge is 0.496 e. The molecule has 33 heavy (non-hydrogen) atoms. The van der Waals surface area contributed by atoms with Crippen molar-refractivity contribution in [3.05, 3.63) is 43.2 Å². The van der Waals surface area contributed by atoms with Crippen LogP contribution in [0.15, 0.2) is 52.6 Å². The fourth-order valence-electron chi connectivity index (χ4n) is 3.87. The van der Waals surface area contributed by atoms with Crippen molar-refractivity contribution in [2.24, 2.45) is 28.5 Å². The summed E-state index contributed by atoms with van der Waals surface area (Å²) >= 11 is 0. The molecule has 2 atom stereocenters. The van der Waals surface area contributed by atoms with Gasteiger partial charge in [-0.3, -0.25) is 0 Å². The van der Waals surface area contributed by atoms with E-state index < -0.39 is 0 Å². The second-order valence-electron chi connectivity index (χ2n) is 9.38. The number of nitrogens with zero attached hydrogens (tertiary/aromatic N) is 2. The van der Waals surface area contributed by atoms with Crippen LogP contribution in [0.5, 0.6) is 5.75 Å². The van der Waals surface area contributed by atoms with Gasteiger partial charge in [-0.05, 0) is 36.8 Å². The van der Waals surface area contributed by atoms with Gasteiger partial charge in [-0.2, -0.15) is 0 Å². The summed E-state index contributed by atoms with van der Waals surface area (Å²) in [5, 5.41) is 3.03. The first-order valence-electron chi connectivity index (χ1n) is 12.1. The second kappa shape index (κ2) is 13.7. The lowest BCUT2D eigenvalue weighted by Crippen LogP contribution is -2.18. The second-order valence-corrected chi connectivity index (χ2v) is 9.38. The topological polar surface area (TPSA) is 85.7 Å². The van der Waals surface area contributed by atoms with Crippen LogP contribution in [0.1, 0.15) is 72.6 Å².